The summed E-state index contributed by atoms with van der Waals surface area (Å²) in [5.74, 6) is 4.04. The van der Waals surface area contributed by atoms with Crippen LogP contribution in [0.1, 0.15) is 38.5 Å². The van der Waals surface area contributed by atoms with E-state index in [2.05, 4.69) is 59.9 Å². The predicted octanol–water partition coefficient (Wildman–Crippen LogP) is 6.17. The Kier molecular flexibility index (Phi) is 7.92. The van der Waals surface area contributed by atoms with Crippen molar-refractivity contribution in [3.8, 4) is 36.4 Å². The Morgan fingerprint density at radius 3 is 1.31 bits per heavy atom. The van der Waals surface area contributed by atoms with E-state index in [4.69, 9.17) is 0 Å². The minimum atomic E-state index is -0.172. The van der Waals surface area contributed by atoms with Gasteiger partial charge in [-0.3, -0.25) is 0 Å². The second kappa shape index (κ2) is 11.5. The monoisotopic (exact) mass is 628 g/mol. The summed E-state index contributed by atoms with van der Waals surface area (Å²) in [4.78, 5) is 0. The molecule has 7 aliphatic rings. The number of fused-ring (bicyclic) bond motifs is 5. The van der Waals surface area contributed by atoms with Crippen molar-refractivity contribution in [3.05, 3.63) is 11.1 Å². The highest BCUT2D eigenvalue weighted by atomic mass is 32.2. The van der Waals surface area contributed by atoms with E-state index in [1.54, 1.807) is 0 Å². The first-order chi connectivity index (χ1) is 20.5. The van der Waals surface area contributed by atoms with Gasteiger partial charge < -0.3 is 0 Å². The summed E-state index contributed by atoms with van der Waals surface area (Å²) in [6.45, 7) is 0. The number of thioether (sulfide) groups is 4. The van der Waals surface area contributed by atoms with Crippen molar-refractivity contribution in [1.29, 1.82) is 31.6 Å². The van der Waals surface area contributed by atoms with Crippen LogP contribution in [-0.4, -0.2) is 43.0 Å². The van der Waals surface area contributed by atoms with Crippen molar-refractivity contribution in [1.82, 2.24) is 0 Å². The first kappa shape index (κ1) is 28.8. The fourth-order valence-electron chi connectivity index (χ4n) is 9.79. The van der Waals surface area contributed by atoms with Crippen LogP contribution in [-0.2, 0) is 0 Å². The summed E-state index contributed by atoms with van der Waals surface area (Å²) in [6.07, 6.45) is 5.37. The Labute approximate surface area is 265 Å². The van der Waals surface area contributed by atoms with Gasteiger partial charge in [0.2, 0.25) is 0 Å². The quantitative estimate of drug-likeness (QED) is 0.326. The lowest BCUT2D eigenvalue weighted by atomic mass is 9.68. The molecule has 0 bridgehead atoms. The minimum absolute atomic E-state index is 0.145. The van der Waals surface area contributed by atoms with Gasteiger partial charge in [-0.25, -0.2) is 0 Å². The second-order valence-electron chi connectivity index (χ2n) is 13.3. The van der Waals surface area contributed by atoms with Crippen molar-refractivity contribution < 1.29 is 0 Å². The van der Waals surface area contributed by atoms with Gasteiger partial charge in [0.05, 0.1) is 47.9 Å². The SMILES string of the molecule is N#CC(C#N)=C1C2CC(C3SCC4CC(C#N)C(C#N)CC43)SC2C2SC(C3SCC4CC(C#N)C(C#N)CC43)CC12. The fourth-order valence-corrected chi connectivity index (χ4v) is 18.3. The fraction of sp³-hybridized carbons (Fsp3) is 0.750. The number of rotatable bonds is 2. The molecule has 3 saturated carbocycles. The summed E-state index contributed by atoms with van der Waals surface area (Å²) in [5, 5.41) is 61.5. The van der Waals surface area contributed by atoms with Crippen molar-refractivity contribution in [2.24, 2.45) is 59.2 Å². The Balaban J connectivity index is 1.11. The maximum absolute atomic E-state index is 10.0. The van der Waals surface area contributed by atoms with Gasteiger partial charge >= 0.3 is 0 Å². The van der Waals surface area contributed by atoms with E-state index in [9.17, 15) is 31.6 Å². The zero-order valence-electron chi connectivity index (χ0n) is 23.2. The predicted molar refractivity (Wildman–Crippen MR) is 166 cm³/mol. The van der Waals surface area contributed by atoms with Gasteiger partial charge in [-0.15, -0.1) is 0 Å². The Morgan fingerprint density at radius 2 is 0.929 bits per heavy atom. The maximum atomic E-state index is 10.0. The summed E-state index contributed by atoms with van der Waals surface area (Å²) >= 11 is 8.32. The van der Waals surface area contributed by atoms with Gasteiger partial charge in [0.15, 0.2) is 0 Å². The van der Waals surface area contributed by atoms with E-state index in [1.807, 2.05) is 23.5 Å². The lowest BCUT2D eigenvalue weighted by molar-refractivity contribution is 0.193. The molecule has 16 unspecified atom stereocenters. The first-order valence-corrected chi connectivity index (χ1v) is 19.2. The molecule has 3 aliphatic carbocycles. The standard InChI is InChI=1S/C32H32N6S4/c33-7-15-1-19-13-39-29(22(19)3-17(15)9-35)26-5-24-28(21(11-37)12-38)25-6-27(42-32(25)31(24)41-26)30-23-4-18(10-36)16(8-34)2-20(23)14-40-30/h15-20,22-27,29-32H,1-6,13-14H2. The third-order valence-electron chi connectivity index (χ3n) is 11.7. The van der Waals surface area contributed by atoms with E-state index in [1.165, 1.54) is 0 Å². The molecular formula is C32H32N6S4. The van der Waals surface area contributed by atoms with Crippen molar-refractivity contribution in [2.45, 2.75) is 70.0 Å². The first-order valence-electron chi connectivity index (χ1n) is 15.2. The maximum Gasteiger partial charge on any atom is 0.129 e. The van der Waals surface area contributed by atoms with Crippen molar-refractivity contribution >= 4 is 47.0 Å². The molecule has 0 radical (unpaired) electrons. The third-order valence-corrected chi connectivity index (χ3v) is 19.1. The highest BCUT2D eigenvalue weighted by molar-refractivity contribution is 8.07. The molecule has 10 heteroatoms. The third kappa shape index (κ3) is 4.48. The molecule has 0 aromatic heterocycles. The molecule has 6 nitrogen and oxygen atoms in total. The lowest BCUT2D eigenvalue weighted by Crippen LogP contribution is -2.36. The zero-order valence-corrected chi connectivity index (χ0v) is 26.5. The lowest BCUT2D eigenvalue weighted by Gasteiger charge is -2.36. The molecule has 7 rings (SSSR count). The largest absolute Gasteiger partial charge is 0.198 e. The Morgan fingerprint density at radius 1 is 0.524 bits per heavy atom. The molecule has 42 heavy (non-hydrogen) atoms. The van der Waals surface area contributed by atoms with E-state index < -0.39 is 0 Å². The minimum Gasteiger partial charge on any atom is -0.198 e. The van der Waals surface area contributed by atoms with Crippen LogP contribution in [0.5, 0.6) is 0 Å². The Bertz CT molecular complexity index is 1320. The molecule has 16 atom stereocenters. The van der Waals surface area contributed by atoms with E-state index in [0.717, 1.165) is 55.6 Å². The van der Waals surface area contributed by atoms with Gasteiger partial charge in [-0.05, 0) is 91.1 Å². The number of nitriles is 6. The number of hydrogen-bond acceptors (Lipinski definition) is 10. The molecule has 0 spiro atoms. The van der Waals surface area contributed by atoms with Crippen molar-refractivity contribution in [2.75, 3.05) is 11.5 Å². The van der Waals surface area contributed by atoms with E-state index in [0.29, 0.717) is 60.7 Å². The van der Waals surface area contributed by atoms with Gasteiger partial charge in [0.1, 0.15) is 17.7 Å². The molecule has 0 aromatic rings. The van der Waals surface area contributed by atoms with Crippen LogP contribution in [0.2, 0.25) is 0 Å². The van der Waals surface area contributed by atoms with Gasteiger partial charge in [0, 0.05) is 31.5 Å². The highest BCUT2D eigenvalue weighted by Crippen LogP contribution is 2.67. The molecule has 0 amide bonds. The molecule has 0 N–H and O–H groups in total. The zero-order chi connectivity index (χ0) is 29.1. The van der Waals surface area contributed by atoms with Gasteiger partial charge in [-0.1, -0.05) is 0 Å². The molecule has 0 aromatic carbocycles. The molecule has 4 heterocycles. The number of nitrogens with zero attached hydrogens (tertiary/aromatic N) is 6. The normalized spacial score (nSPS) is 50.0. The van der Waals surface area contributed by atoms with Crippen LogP contribution in [0.4, 0.5) is 0 Å². The molecule has 4 aliphatic heterocycles. The van der Waals surface area contributed by atoms with Crippen LogP contribution in [0.3, 0.4) is 0 Å². The highest BCUT2D eigenvalue weighted by Gasteiger charge is 2.61. The van der Waals surface area contributed by atoms with E-state index in [-0.39, 0.29) is 35.5 Å². The van der Waals surface area contributed by atoms with Crippen LogP contribution in [0.15, 0.2) is 11.1 Å². The van der Waals surface area contributed by atoms with Crippen LogP contribution in [0.25, 0.3) is 0 Å². The summed E-state index contributed by atoms with van der Waals surface area (Å²) in [5.41, 5.74) is 1.47. The Hall–Kier alpha value is -1.92. The second-order valence-corrected chi connectivity index (χ2v) is 18.6. The van der Waals surface area contributed by atoms with E-state index >= 15 is 0 Å². The van der Waals surface area contributed by atoms with Crippen LogP contribution < -0.4 is 0 Å². The smallest absolute Gasteiger partial charge is 0.129 e. The average Bonchev–Trinajstić information content (AvgIpc) is 3.83. The van der Waals surface area contributed by atoms with Gasteiger partial charge in [-0.2, -0.15) is 78.6 Å². The van der Waals surface area contributed by atoms with Crippen LogP contribution in [0, 0.1) is 127 Å². The van der Waals surface area contributed by atoms with Crippen LogP contribution >= 0.6 is 47.0 Å². The summed E-state index contributed by atoms with van der Waals surface area (Å²) in [7, 11) is 0. The molecule has 4 saturated heterocycles. The summed E-state index contributed by atoms with van der Waals surface area (Å²) in [6, 6.07) is 14.3. The van der Waals surface area contributed by atoms with Crippen molar-refractivity contribution in [3.63, 3.8) is 0 Å². The van der Waals surface area contributed by atoms with Gasteiger partial charge in [0.25, 0.3) is 0 Å². The number of hydrogen-bond donors (Lipinski definition) is 0. The molecular weight excluding hydrogens is 597 g/mol. The molecule has 7 fully saturated rings. The molecule has 214 valence electrons. The average molecular weight is 629 g/mol. The number of allylic oxidation sites excluding steroid dienone is 2. The summed E-state index contributed by atoms with van der Waals surface area (Å²) < 4.78 is 0. The topological polar surface area (TPSA) is 143 Å².